The summed E-state index contributed by atoms with van der Waals surface area (Å²) in [7, 11) is 0. The Morgan fingerprint density at radius 2 is 1.88 bits per heavy atom. The average Bonchev–Trinajstić information content (AvgIpc) is 3.19. The first-order chi connectivity index (χ1) is 15.3. The van der Waals surface area contributed by atoms with E-state index in [4.69, 9.17) is 9.47 Å². The van der Waals surface area contributed by atoms with Crippen LogP contribution in [-0.4, -0.2) is 39.7 Å². The number of hydrogen-bond donors (Lipinski definition) is 3. The zero-order valence-corrected chi connectivity index (χ0v) is 18.8. The number of halogens is 3. The van der Waals surface area contributed by atoms with Crippen LogP contribution in [0.5, 0.6) is 0 Å². The van der Waals surface area contributed by atoms with Crippen LogP contribution in [-0.2, 0) is 26.9 Å². The first kappa shape index (κ1) is 24.9. The number of rotatable bonds is 6. The Balaban J connectivity index is 1.95. The third kappa shape index (κ3) is 6.62. The number of nitrogens with one attached hydrogen (secondary N) is 2. The number of aliphatic hydroxyl groups is 1. The molecule has 1 atom stereocenters. The molecule has 0 radical (unpaired) electrons. The summed E-state index contributed by atoms with van der Waals surface area (Å²) < 4.78 is 50.4. The average molecular weight is 468 g/mol. The van der Waals surface area contributed by atoms with Crippen molar-refractivity contribution in [2.24, 2.45) is 0 Å². The maximum Gasteiger partial charge on any atom is 0.416 e. The first-order valence-corrected chi connectivity index (χ1v) is 10.4. The van der Waals surface area contributed by atoms with Crippen LogP contribution in [0.3, 0.4) is 0 Å². The van der Waals surface area contributed by atoms with Gasteiger partial charge in [-0.05, 0) is 39.8 Å². The van der Waals surface area contributed by atoms with Crippen LogP contribution in [0.1, 0.15) is 61.5 Å². The number of aliphatic hydroxyl groups excluding tert-OH is 1. The number of nitrogens with zero attached hydrogens (tertiary/aromatic N) is 2. The molecule has 0 saturated carbocycles. The molecule has 1 aliphatic rings. The number of amides is 1. The van der Waals surface area contributed by atoms with Crippen molar-refractivity contribution < 1.29 is 32.5 Å². The number of carbonyl (C=O) groups excluding carboxylic acids is 1. The number of hydrogen-bond acceptors (Lipinski definition) is 7. The summed E-state index contributed by atoms with van der Waals surface area (Å²) in [5, 5.41) is 16.2. The summed E-state index contributed by atoms with van der Waals surface area (Å²) >= 11 is 0. The van der Waals surface area contributed by atoms with Crippen molar-refractivity contribution in [2.45, 2.75) is 58.3 Å². The Labute approximate surface area is 189 Å². The molecular weight excluding hydrogens is 441 g/mol. The number of ether oxygens (including phenoxy) is 2. The first-order valence-electron chi connectivity index (χ1n) is 10.4. The molecule has 2 aromatic rings. The lowest BCUT2D eigenvalue weighted by Gasteiger charge is -2.23. The molecule has 180 valence electrons. The molecule has 3 N–H and O–H groups in total. The molecule has 2 heterocycles. The van der Waals surface area contributed by atoms with E-state index in [2.05, 4.69) is 20.6 Å². The van der Waals surface area contributed by atoms with Gasteiger partial charge in [-0.2, -0.15) is 13.2 Å². The molecule has 1 aromatic carbocycles. The monoisotopic (exact) mass is 468 g/mol. The second kappa shape index (κ2) is 9.62. The summed E-state index contributed by atoms with van der Waals surface area (Å²) in [6, 6.07) is 4.34. The van der Waals surface area contributed by atoms with Crippen molar-refractivity contribution in [3.63, 3.8) is 0 Å². The van der Waals surface area contributed by atoms with Gasteiger partial charge in [-0.25, -0.2) is 9.97 Å². The molecule has 3 rings (SSSR count). The predicted molar refractivity (Wildman–Crippen MR) is 113 cm³/mol. The van der Waals surface area contributed by atoms with Crippen LogP contribution < -0.4 is 10.6 Å². The van der Waals surface area contributed by atoms with Crippen LogP contribution in [0, 0.1) is 6.92 Å². The normalized spacial score (nSPS) is 16.0. The molecule has 0 bridgehead atoms. The van der Waals surface area contributed by atoms with E-state index in [-0.39, 0.29) is 23.7 Å². The van der Waals surface area contributed by atoms with E-state index >= 15 is 0 Å². The van der Waals surface area contributed by atoms with Gasteiger partial charge in [0.05, 0.1) is 36.5 Å². The van der Waals surface area contributed by atoms with E-state index in [1.165, 1.54) is 12.1 Å². The molecule has 0 spiro atoms. The summed E-state index contributed by atoms with van der Waals surface area (Å²) in [4.78, 5) is 21.2. The molecule has 8 nitrogen and oxygen atoms in total. The van der Waals surface area contributed by atoms with Gasteiger partial charge >= 0.3 is 6.18 Å². The molecular formula is C22H27F3N4O4. The van der Waals surface area contributed by atoms with Crippen molar-refractivity contribution in [2.75, 3.05) is 18.5 Å². The van der Waals surface area contributed by atoms with E-state index in [0.29, 0.717) is 30.3 Å². The minimum absolute atomic E-state index is 0.00711. The van der Waals surface area contributed by atoms with Gasteiger partial charge in [0.25, 0.3) is 0 Å². The third-order valence-corrected chi connectivity index (χ3v) is 4.64. The van der Waals surface area contributed by atoms with Gasteiger partial charge < -0.3 is 25.2 Å². The number of aryl methyl sites for hydroxylation is 1. The molecule has 11 heteroatoms. The summed E-state index contributed by atoms with van der Waals surface area (Å²) in [6.07, 6.45) is -7.06. The van der Waals surface area contributed by atoms with Crippen molar-refractivity contribution in [3.05, 3.63) is 52.5 Å². The topological polar surface area (TPSA) is 106 Å². The van der Waals surface area contributed by atoms with Crippen molar-refractivity contribution in [1.29, 1.82) is 0 Å². The van der Waals surface area contributed by atoms with Gasteiger partial charge in [-0.15, -0.1) is 0 Å². The fraction of sp³-hybridized carbons (Fsp3) is 0.500. The number of anilines is 1. The van der Waals surface area contributed by atoms with Crippen LogP contribution >= 0.6 is 0 Å². The van der Waals surface area contributed by atoms with Gasteiger partial charge in [0.2, 0.25) is 5.91 Å². The fourth-order valence-electron chi connectivity index (χ4n) is 3.37. The lowest BCUT2D eigenvalue weighted by Crippen LogP contribution is -2.41. The highest BCUT2D eigenvalue weighted by molar-refractivity contribution is 5.79. The van der Waals surface area contributed by atoms with Crippen molar-refractivity contribution in [1.82, 2.24) is 15.3 Å². The van der Waals surface area contributed by atoms with Gasteiger partial charge in [0.1, 0.15) is 11.6 Å². The zero-order chi connectivity index (χ0) is 24.4. The van der Waals surface area contributed by atoms with Gasteiger partial charge in [-0.3, -0.25) is 4.79 Å². The number of aromatic nitrogens is 2. The standard InChI is InChI=1S/C22H27F3N4O4/c1-12-26-15(11-16(30)29-21(2,3)4)17(20-32-8-9-33-20)18(27-12)28-19(31)13-6-5-7-14(10-13)22(23,24)25/h5-7,10,19-20,31H,8-9,11H2,1-4H3,(H,29,30)(H,26,27,28). The van der Waals surface area contributed by atoms with E-state index in [1.54, 1.807) is 6.92 Å². The molecule has 1 amide bonds. The molecule has 33 heavy (non-hydrogen) atoms. The van der Waals surface area contributed by atoms with Crippen LogP contribution in [0.2, 0.25) is 0 Å². The summed E-state index contributed by atoms with van der Waals surface area (Å²) in [6.45, 7) is 7.76. The number of benzene rings is 1. The van der Waals surface area contributed by atoms with Gasteiger partial charge in [0.15, 0.2) is 12.5 Å². The fourth-order valence-corrected chi connectivity index (χ4v) is 3.37. The Bertz CT molecular complexity index is 1000. The largest absolute Gasteiger partial charge is 0.416 e. The second-order valence-electron chi connectivity index (χ2n) is 8.70. The SMILES string of the molecule is Cc1nc(CC(=O)NC(C)(C)C)c(C2OCCO2)c(NC(O)c2cccc(C(F)(F)F)c2)n1. The second-order valence-corrected chi connectivity index (χ2v) is 8.70. The molecule has 0 aliphatic carbocycles. The van der Waals surface area contributed by atoms with Crippen LogP contribution in [0.4, 0.5) is 19.0 Å². The van der Waals surface area contributed by atoms with Gasteiger partial charge in [0, 0.05) is 11.1 Å². The number of alkyl halides is 3. The minimum Gasteiger partial charge on any atom is -0.369 e. The Morgan fingerprint density at radius 1 is 1.21 bits per heavy atom. The maximum absolute atomic E-state index is 13.1. The minimum atomic E-state index is -4.55. The lowest BCUT2D eigenvalue weighted by molar-refractivity contribution is -0.137. The van der Waals surface area contributed by atoms with Crippen molar-refractivity contribution in [3.8, 4) is 0 Å². The van der Waals surface area contributed by atoms with Crippen LogP contribution in [0.15, 0.2) is 24.3 Å². The third-order valence-electron chi connectivity index (χ3n) is 4.64. The van der Waals surface area contributed by atoms with Gasteiger partial charge in [-0.1, -0.05) is 12.1 Å². The van der Waals surface area contributed by atoms with E-state index in [1.807, 2.05) is 20.8 Å². The Morgan fingerprint density at radius 3 is 2.48 bits per heavy atom. The Hall–Kier alpha value is -2.76. The lowest BCUT2D eigenvalue weighted by atomic mass is 10.1. The zero-order valence-electron chi connectivity index (χ0n) is 18.8. The predicted octanol–water partition coefficient (Wildman–Crippen LogP) is 3.41. The quantitative estimate of drug-likeness (QED) is 0.558. The summed E-state index contributed by atoms with van der Waals surface area (Å²) in [5.74, 6) is 0.121. The summed E-state index contributed by atoms with van der Waals surface area (Å²) in [5.41, 5.74) is -0.710. The molecule has 1 fully saturated rings. The Kier molecular flexibility index (Phi) is 7.25. The smallest absolute Gasteiger partial charge is 0.369 e. The van der Waals surface area contributed by atoms with Crippen LogP contribution in [0.25, 0.3) is 0 Å². The highest BCUT2D eigenvalue weighted by Crippen LogP contribution is 2.34. The maximum atomic E-state index is 13.1. The molecule has 1 aliphatic heterocycles. The van der Waals surface area contributed by atoms with E-state index < -0.39 is 29.8 Å². The van der Waals surface area contributed by atoms with E-state index in [9.17, 15) is 23.1 Å². The number of carbonyl (C=O) groups is 1. The highest BCUT2D eigenvalue weighted by atomic mass is 19.4. The molecule has 1 unspecified atom stereocenters. The highest BCUT2D eigenvalue weighted by Gasteiger charge is 2.32. The van der Waals surface area contributed by atoms with Crippen molar-refractivity contribution >= 4 is 11.7 Å². The molecule has 1 aromatic heterocycles. The molecule has 1 saturated heterocycles. The van der Waals surface area contributed by atoms with E-state index in [0.717, 1.165) is 12.1 Å².